The molecule has 2 aliphatic carbocycles. The topological polar surface area (TPSA) is 80.3 Å². The molecule has 4 aliphatic rings. The highest BCUT2D eigenvalue weighted by Gasteiger charge is 2.52. The van der Waals surface area contributed by atoms with Crippen molar-refractivity contribution < 1.29 is 0 Å². The molecule has 0 N–H and O–H groups in total. The summed E-state index contributed by atoms with van der Waals surface area (Å²) in [6.07, 6.45) is 0. The van der Waals surface area contributed by atoms with Crippen LogP contribution in [0.3, 0.4) is 0 Å². The van der Waals surface area contributed by atoms with E-state index in [1.54, 1.807) is 0 Å². The van der Waals surface area contributed by atoms with E-state index < -0.39 is 10.8 Å². The van der Waals surface area contributed by atoms with Gasteiger partial charge in [-0.3, -0.25) is 0 Å². The third-order valence-electron chi connectivity index (χ3n) is 26.0. The Balaban J connectivity index is 0.000000135. The van der Waals surface area contributed by atoms with Gasteiger partial charge in [0, 0.05) is 79.8 Å². The Morgan fingerprint density at radius 1 is 0.220 bits per heavy atom. The van der Waals surface area contributed by atoms with E-state index in [2.05, 4.69) is 399 Å². The Labute approximate surface area is 718 Å². The van der Waals surface area contributed by atoms with Crippen LogP contribution in [0.5, 0.6) is 0 Å². The fraction of sp³-hybridized carbons (Fsp3) is 0.0174. The van der Waals surface area contributed by atoms with E-state index in [1.165, 1.54) is 97.1 Å². The van der Waals surface area contributed by atoms with Gasteiger partial charge in [0.25, 0.3) is 0 Å². The maximum absolute atomic E-state index is 9.64. The molecule has 0 amide bonds. The number of nitriles is 1. The lowest BCUT2D eigenvalue weighted by Crippen LogP contribution is -2.32. The minimum absolute atomic E-state index is 0.450. The molecule has 0 atom stereocenters. The first-order valence-corrected chi connectivity index (χ1v) is 43.4. The van der Waals surface area contributed by atoms with Crippen molar-refractivity contribution in [3.05, 3.63) is 463 Å². The molecule has 570 valence electrons. The summed E-state index contributed by atoms with van der Waals surface area (Å²) in [5, 5.41) is 18.9. The molecule has 0 saturated heterocycles. The molecule has 0 saturated carbocycles. The Morgan fingerprint density at radius 2 is 0.610 bits per heavy atom. The molecule has 8 heteroatoms. The minimum Gasteiger partial charge on any atom is -0.309 e. The van der Waals surface area contributed by atoms with Gasteiger partial charge in [-0.25, -0.2) is 19.9 Å². The zero-order valence-corrected chi connectivity index (χ0v) is 67.9. The number of pyridine rings is 2. The first-order chi connectivity index (χ1) is 60.9. The molecule has 0 unspecified atom stereocenters. The third kappa shape index (κ3) is 10.7. The number of nitrogens with zero attached hydrogens (tertiary/aromatic N) is 6. The smallest absolute Gasteiger partial charge is 0.0991 e. The zero-order valence-electron chi connectivity index (χ0n) is 66.3. The van der Waals surface area contributed by atoms with Gasteiger partial charge in [0.15, 0.2) is 0 Å². The number of aromatic nitrogens is 5. The molecule has 0 radical (unpaired) electrons. The predicted octanol–water partition coefficient (Wildman–Crippen LogP) is 29.3. The van der Waals surface area contributed by atoms with Crippen LogP contribution >= 0.6 is 23.5 Å². The standard InChI is InChI=1S/C58H35N3S.C57H33N3S/c1-3-16-36(17-4-1)56-57(37-18-5-2-6-19-37)61-52-33-39(30-31-51(52)60-56)38-20-15-21-40(32-38)55-45-35-54-49(34-44(45)43-24-9-13-28-50(43)59-55)58(48-27-12-14-29-53(48)62-54)46-25-10-7-22-41(46)42-23-8-11-26-47(42)58;58-34-35-24-29-53-45(30-35)43-17-4-9-22-52(43)60(53)39-27-25-36(26-28-39)37-12-11-13-38(31-37)56-46-33-55-50(32-44(46)42-16-3-8-21-51(42)59-56)57(49-20-7-10-23-54(49)61-55)47-18-5-1-14-40(47)41-15-2-6-19-48(41)57/h1-35H;1-33H. The SMILES string of the molecule is N#Cc1ccc2c(c1)c1ccccc1n2-c1ccc(-c2cccc(-c3nc4ccccc4c4cc5c(cc34)Sc3ccccc3C53c4ccccc4-c4ccccc43)c2)cc1.c1ccc(-c2nc3ccc(-c4cccc(-c5nc6ccccc6c6cc7c(cc56)Sc5ccccc5C75c6ccccc6-c6ccccc65)c4)cc3nc2-c2ccccc2)cc1. The summed E-state index contributed by atoms with van der Waals surface area (Å²) in [6, 6.07) is 152. The molecule has 123 heavy (non-hydrogen) atoms. The molecule has 18 aromatic carbocycles. The van der Waals surface area contributed by atoms with Crippen LogP contribution in [0.1, 0.15) is 50.1 Å². The third-order valence-corrected chi connectivity index (χ3v) is 28.2. The van der Waals surface area contributed by atoms with Gasteiger partial charge in [0.1, 0.15) is 0 Å². The van der Waals surface area contributed by atoms with Crippen LogP contribution in [-0.2, 0) is 10.8 Å². The molecule has 6 nitrogen and oxygen atoms in total. The van der Waals surface area contributed by atoms with E-state index in [0.717, 1.165) is 138 Å². The van der Waals surface area contributed by atoms with Crippen LogP contribution in [0.15, 0.2) is 432 Å². The molecular weight excluding hydrogens is 1530 g/mol. The van der Waals surface area contributed by atoms with E-state index in [4.69, 9.17) is 19.9 Å². The number of benzene rings is 18. The van der Waals surface area contributed by atoms with Crippen LogP contribution in [0, 0.1) is 11.3 Å². The maximum atomic E-state index is 9.64. The molecule has 2 spiro atoms. The van der Waals surface area contributed by atoms with Crippen LogP contribution in [0.4, 0.5) is 0 Å². The summed E-state index contributed by atoms with van der Waals surface area (Å²) in [5.74, 6) is 0. The minimum atomic E-state index is -0.454. The molecule has 4 aromatic heterocycles. The van der Waals surface area contributed by atoms with Gasteiger partial charge in [-0.1, -0.05) is 327 Å². The summed E-state index contributed by atoms with van der Waals surface area (Å²) >= 11 is 3.75. The van der Waals surface area contributed by atoms with Crippen molar-refractivity contribution in [2.75, 3.05) is 0 Å². The molecular formula is C115H68N6S2. The van der Waals surface area contributed by atoms with Crippen LogP contribution in [0.2, 0.25) is 0 Å². The van der Waals surface area contributed by atoms with Gasteiger partial charge in [-0.2, -0.15) is 5.26 Å². The van der Waals surface area contributed by atoms with Crippen molar-refractivity contribution in [2.24, 2.45) is 0 Å². The summed E-state index contributed by atoms with van der Waals surface area (Å²) in [5.41, 5.74) is 35.0. The Bertz CT molecular complexity index is 8200. The summed E-state index contributed by atoms with van der Waals surface area (Å²) < 4.78 is 2.29. The summed E-state index contributed by atoms with van der Waals surface area (Å²) in [7, 11) is 0. The second kappa shape index (κ2) is 27.9. The predicted molar refractivity (Wildman–Crippen MR) is 506 cm³/mol. The highest BCUT2D eigenvalue weighted by molar-refractivity contribution is 7.99. The lowest BCUT2D eigenvalue weighted by atomic mass is 9.67. The van der Waals surface area contributed by atoms with E-state index in [0.29, 0.717) is 5.56 Å². The number of para-hydroxylation sites is 3. The molecule has 0 fully saturated rings. The summed E-state index contributed by atoms with van der Waals surface area (Å²) in [6.45, 7) is 0. The van der Waals surface area contributed by atoms with Gasteiger partial charge in [0.05, 0.1) is 78.3 Å². The van der Waals surface area contributed by atoms with Gasteiger partial charge >= 0.3 is 0 Å². The monoisotopic (exact) mass is 1600 g/mol. The van der Waals surface area contributed by atoms with Gasteiger partial charge in [0.2, 0.25) is 0 Å². The zero-order chi connectivity index (χ0) is 81.0. The molecule has 22 aromatic rings. The Morgan fingerprint density at radius 3 is 1.12 bits per heavy atom. The first kappa shape index (κ1) is 70.6. The lowest BCUT2D eigenvalue weighted by Gasteiger charge is -2.40. The van der Waals surface area contributed by atoms with Crippen molar-refractivity contribution in [1.29, 1.82) is 5.26 Å². The van der Waals surface area contributed by atoms with Crippen LogP contribution in [-0.4, -0.2) is 24.5 Å². The average molecular weight is 1600 g/mol. The number of rotatable bonds is 7. The van der Waals surface area contributed by atoms with E-state index in [1.807, 2.05) is 47.8 Å². The van der Waals surface area contributed by atoms with Crippen LogP contribution in [0.25, 0.3) is 171 Å². The van der Waals surface area contributed by atoms with Crippen molar-refractivity contribution in [2.45, 2.75) is 30.4 Å². The van der Waals surface area contributed by atoms with Gasteiger partial charge in [-0.15, -0.1) is 0 Å². The summed E-state index contributed by atoms with van der Waals surface area (Å²) in [4.78, 5) is 26.5. The molecule has 6 heterocycles. The van der Waals surface area contributed by atoms with Crippen molar-refractivity contribution in [3.63, 3.8) is 0 Å². The van der Waals surface area contributed by atoms with Crippen LogP contribution < -0.4 is 0 Å². The molecule has 0 bridgehead atoms. The normalized spacial score (nSPS) is 13.3. The molecule has 26 rings (SSSR count). The number of hydrogen-bond donors (Lipinski definition) is 0. The maximum Gasteiger partial charge on any atom is 0.0991 e. The number of fused-ring (bicyclic) bond motifs is 28. The second-order valence-electron chi connectivity index (χ2n) is 32.4. The highest BCUT2D eigenvalue weighted by Crippen LogP contribution is 2.65. The van der Waals surface area contributed by atoms with E-state index in [-0.39, 0.29) is 0 Å². The quantitative estimate of drug-likeness (QED) is 0.147. The fourth-order valence-corrected chi connectivity index (χ4v) is 23.1. The number of hydrogen-bond acceptors (Lipinski definition) is 7. The second-order valence-corrected chi connectivity index (χ2v) is 34.6. The van der Waals surface area contributed by atoms with Gasteiger partial charge < -0.3 is 4.57 Å². The van der Waals surface area contributed by atoms with Gasteiger partial charge in [-0.05, 0) is 209 Å². The largest absolute Gasteiger partial charge is 0.309 e. The first-order valence-electron chi connectivity index (χ1n) is 41.8. The van der Waals surface area contributed by atoms with E-state index in [9.17, 15) is 5.26 Å². The van der Waals surface area contributed by atoms with Crippen molar-refractivity contribution in [3.8, 4) is 101 Å². The fourth-order valence-electron chi connectivity index (χ4n) is 20.7. The average Bonchev–Trinajstić information content (AvgIpc) is 1.56. The van der Waals surface area contributed by atoms with Crippen molar-refractivity contribution in [1.82, 2.24) is 24.5 Å². The lowest BCUT2D eigenvalue weighted by molar-refractivity contribution is 0.724. The highest BCUT2D eigenvalue weighted by atomic mass is 32.2. The Kier molecular flexibility index (Phi) is 16.0. The Hall–Kier alpha value is -15.4. The molecule has 2 aliphatic heterocycles. The van der Waals surface area contributed by atoms with Crippen molar-refractivity contribution >= 4 is 99.7 Å². The van der Waals surface area contributed by atoms with E-state index >= 15 is 0 Å².